The molecule has 0 aromatic heterocycles. The van der Waals surface area contributed by atoms with Crippen LogP contribution in [0.3, 0.4) is 0 Å². The van der Waals surface area contributed by atoms with E-state index in [9.17, 15) is 14.9 Å². The molecule has 0 aliphatic carbocycles. The minimum Gasteiger partial charge on any atom is -0.484 e. The first-order valence-corrected chi connectivity index (χ1v) is 8.71. The third-order valence-electron chi connectivity index (χ3n) is 4.28. The molecule has 0 aliphatic heterocycles. The van der Waals surface area contributed by atoms with Crippen molar-refractivity contribution in [3.05, 3.63) is 69.8 Å². The number of non-ortho nitro benzene ring substituents is 1. The Kier molecular flexibility index (Phi) is 7.05. The summed E-state index contributed by atoms with van der Waals surface area (Å²) in [4.78, 5) is 22.1. The second kappa shape index (κ2) is 9.47. The van der Waals surface area contributed by atoms with Crippen LogP contribution < -0.4 is 10.2 Å². The van der Waals surface area contributed by atoms with Gasteiger partial charge in [0, 0.05) is 12.1 Å². The average Bonchev–Trinajstić information content (AvgIpc) is 2.70. The Balaban J connectivity index is 1.86. The molecule has 0 fully saturated rings. The van der Waals surface area contributed by atoms with Gasteiger partial charge in [-0.15, -0.1) is 0 Å². The SMILES string of the molecule is CCC(C)c1ccc(OCC(=O)N/N=C(/C)c2ccc([N+](=O)[O-])cc2)cc1. The van der Waals surface area contributed by atoms with Gasteiger partial charge in [0.05, 0.1) is 10.6 Å². The standard InChI is InChI=1S/C20H23N3O4/c1-4-14(2)16-7-11-19(12-8-16)27-13-20(24)22-21-15(3)17-5-9-18(10-6-17)23(25)26/h5-12,14H,4,13H2,1-3H3,(H,22,24)/b21-15-. The molecule has 0 saturated heterocycles. The number of ether oxygens (including phenoxy) is 1. The molecule has 1 amide bonds. The molecule has 2 aromatic rings. The highest BCUT2D eigenvalue weighted by Crippen LogP contribution is 2.21. The van der Waals surface area contributed by atoms with Gasteiger partial charge in [0.2, 0.25) is 0 Å². The number of nitrogens with zero attached hydrogens (tertiary/aromatic N) is 2. The molecule has 0 bridgehead atoms. The third kappa shape index (κ3) is 5.91. The molecule has 7 heteroatoms. The van der Waals surface area contributed by atoms with E-state index in [0.717, 1.165) is 6.42 Å². The maximum Gasteiger partial charge on any atom is 0.277 e. The van der Waals surface area contributed by atoms with Gasteiger partial charge in [-0.3, -0.25) is 14.9 Å². The molecule has 0 aliphatic rings. The summed E-state index contributed by atoms with van der Waals surface area (Å²) in [5.41, 5.74) is 4.88. The van der Waals surface area contributed by atoms with Crippen LogP contribution in [0.5, 0.6) is 5.75 Å². The Labute approximate surface area is 158 Å². The average molecular weight is 369 g/mol. The summed E-state index contributed by atoms with van der Waals surface area (Å²) in [5, 5.41) is 14.7. The van der Waals surface area contributed by atoms with Crippen molar-refractivity contribution >= 4 is 17.3 Å². The molecule has 27 heavy (non-hydrogen) atoms. The number of nitrogens with one attached hydrogen (secondary N) is 1. The van der Waals surface area contributed by atoms with Crippen LogP contribution in [-0.2, 0) is 4.79 Å². The first kappa shape index (κ1) is 20.1. The van der Waals surface area contributed by atoms with Crippen LogP contribution in [0.2, 0.25) is 0 Å². The fourth-order valence-electron chi connectivity index (χ4n) is 2.34. The number of hydrogen-bond donors (Lipinski definition) is 1. The predicted octanol–water partition coefficient (Wildman–Crippen LogP) is 4.03. The van der Waals surface area contributed by atoms with E-state index in [4.69, 9.17) is 4.74 Å². The summed E-state index contributed by atoms with van der Waals surface area (Å²) in [6.45, 7) is 5.85. The largest absolute Gasteiger partial charge is 0.484 e. The van der Waals surface area contributed by atoms with Crippen LogP contribution in [0, 0.1) is 10.1 Å². The number of hydrazone groups is 1. The summed E-state index contributed by atoms with van der Waals surface area (Å²) in [5.74, 6) is 0.717. The molecule has 0 heterocycles. The Morgan fingerprint density at radius 3 is 2.37 bits per heavy atom. The highest BCUT2D eigenvalue weighted by molar-refractivity contribution is 5.99. The number of nitro benzene ring substituents is 1. The van der Waals surface area contributed by atoms with E-state index in [2.05, 4.69) is 24.4 Å². The molecule has 1 unspecified atom stereocenters. The molecule has 1 atom stereocenters. The minimum absolute atomic E-state index is 0.00309. The number of carbonyl (C=O) groups is 1. The van der Waals surface area contributed by atoms with Gasteiger partial charge in [-0.25, -0.2) is 5.43 Å². The van der Waals surface area contributed by atoms with Crippen molar-refractivity contribution in [3.8, 4) is 5.75 Å². The van der Waals surface area contributed by atoms with Crippen LogP contribution in [0.15, 0.2) is 53.6 Å². The number of nitro groups is 1. The fourth-order valence-corrected chi connectivity index (χ4v) is 2.34. The van der Waals surface area contributed by atoms with Gasteiger partial charge in [0.25, 0.3) is 11.6 Å². The normalized spacial score (nSPS) is 12.3. The molecule has 2 aromatic carbocycles. The lowest BCUT2D eigenvalue weighted by Crippen LogP contribution is -2.25. The Bertz CT molecular complexity index is 814. The quantitative estimate of drug-likeness (QED) is 0.432. The summed E-state index contributed by atoms with van der Waals surface area (Å²) in [6.07, 6.45) is 1.06. The van der Waals surface area contributed by atoms with Crippen molar-refractivity contribution in [2.75, 3.05) is 6.61 Å². The third-order valence-corrected chi connectivity index (χ3v) is 4.28. The highest BCUT2D eigenvalue weighted by atomic mass is 16.6. The highest BCUT2D eigenvalue weighted by Gasteiger charge is 2.07. The van der Waals surface area contributed by atoms with E-state index in [-0.39, 0.29) is 18.2 Å². The van der Waals surface area contributed by atoms with Gasteiger partial charge in [-0.05, 0) is 54.7 Å². The Morgan fingerprint density at radius 1 is 1.19 bits per heavy atom. The van der Waals surface area contributed by atoms with E-state index >= 15 is 0 Å². The molecule has 2 rings (SSSR count). The monoisotopic (exact) mass is 369 g/mol. The van der Waals surface area contributed by atoms with E-state index < -0.39 is 4.92 Å². The molecule has 0 spiro atoms. The van der Waals surface area contributed by atoms with E-state index in [0.29, 0.717) is 22.9 Å². The van der Waals surface area contributed by atoms with Crippen molar-refractivity contribution in [1.29, 1.82) is 0 Å². The number of amides is 1. The van der Waals surface area contributed by atoms with Crippen molar-refractivity contribution in [1.82, 2.24) is 5.43 Å². The smallest absolute Gasteiger partial charge is 0.277 e. The number of benzene rings is 2. The van der Waals surface area contributed by atoms with E-state index in [1.54, 1.807) is 19.1 Å². The van der Waals surface area contributed by atoms with Gasteiger partial charge < -0.3 is 4.74 Å². The molecular weight excluding hydrogens is 346 g/mol. The molecule has 0 radical (unpaired) electrons. The van der Waals surface area contributed by atoms with E-state index in [1.807, 2.05) is 24.3 Å². The fraction of sp³-hybridized carbons (Fsp3) is 0.300. The first-order chi connectivity index (χ1) is 12.9. The van der Waals surface area contributed by atoms with Gasteiger partial charge in [0.1, 0.15) is 5.75 Å². The second-order valence-electron chi connectivity index (χ2n) is 6.20. The zero-order valence-corrected chi connectivity index (χ0v) is 15.6. The summed E-state index contributed by atoms with van der Waals surface area (Å²) < 4.78 is 5.46. The first-order valence-electron chi connectivity index (χ1n) is 8.71. The van der Waals surface area contributed by atoms with Gasteiger partial charge in [-0.2, -0.15) is 5.10 Å². The zero-order valence-electron chi connectivity index (χ0n) is 15.6. The topological polar surface area (TPSA) is 93.8 Å². The van der Waals surface area contributed by atoms with E-state index in [1.165, 1.54) is 17.7 Å². The maximum atomic E-state index is 11.9. The van der Waals surface area contributed by atoms with Crippen LogP contribution in [0.1, 0.15) is 44.2 Å². The van der Waals surface area contributed by atoms with Crippen molar-refractivity contribution in [3.63, 3.8) is 0 Å². The second-order valence-corrected chi connectivity index (χ2v) is 6.20. The van der Waals surface area contributed by atoms with Crippen molar-refractivity contribution in [2.24, 2.45) is 5.10 Å². The molecule has 1 N–H and O–H groups in total. The van der Waals surface area contributed by atoms with Crippen molar-refractivity contribution in [2.45, 2.75) is 33.1 Å². The summed E-state index contributed by atoms with van der Waals surface area (Å²) >= 11 is 0. The van der Waals surface area contributed by atoms with Crippen molar-refractivity contribution < 1.29 is 14.5 Å². The minimum atomic E-state index is -0.467. The Morgan fingerprint density at radius 2 is 1.81 bits per heavy atom. The molecular formula is C20H23N3O4. The summed E-state index contributed by atoms with van der Waals surface area (Å²) in [6, 6.07) is 13.6. The predicted molar refractivity (Wildman–Crippen MR) is 104 cm³/mol. The zero-order chi connectivity index (χ0) is 19.8. The lowest BCUT2D eigenvalue weighted by atomic mass is 9.99. The van der Waals surface area contributed by atoms with Crippen LogP contribution in [0.4, 0.5) is 5.69 Å². The molecule has 7 nitrogen and oxygen atoms in total. The number of hydrogen-bond acceptors (Lipinski definition) is 5. The van der Waals surface area contributed by atoms with Crippen LogP contribution in [-0.4, -0.2) is 23.1 Å². The molecule has 142 valence electrons. The maximum absolute atomic E-state index is 11.9. The van der Waals surface area contributed by atoms with Crippen LogP contribution >= 0.6 is 0 Å². The molecule has 0 saturated carbocycles. The number of carbonyl (C=O) groups excluding carboxylic acids is 1. The lowest BCUT2D eigenvalue weighted by Gasteiger charge is -2.10. The van der Waals surface area contributed by atoms with Gasteiger partial charge >= 0.3 is 0 Å². The Hall–Kier alpha value is -3.22. The summed E-state index contributed by atoms with van der Waals surface area (Å²) in [7, 11) is 0. The lowest BCUT2D eigenvalue weighted by molar-refractivity contribution is -0.384. The van der Waals surface area contributed by atoms with Gasteiger partial charge in [0.15, 0.2) is 6.61 Å². The van der Waals surface area contributed by atoms with Gasteiger partial charge in [-0.1, -0.05) is 26.0 Å². The van der Waals surface area contributed by atoms with Crippen LogP contribution in [0.25, 0.3) is 0 Å². The number of rotatable bonds is 8.